The molecule has 0 bridgehead atoms. The van der Waals surface area contributed by atoms with E-state index < -0.39 is 31.9 Å². The number of halogens is 1. The fraction of sp³-hybridized carbons (Fsp3) is 0.280. The van der Waals surface area contributed by atoms with Gasteiger partial charge in [0.05, 0.1) is 22.4 Å². The Balaban J connectivity index is 1.74. The van der Waals surface area contributed by atoms with Gasteiger partial charge in [-0.1, -0.05) is 78.3 Å². The van der Waals surface area contributed by atoms with Crippen molar-refractivity contribution >= 4 is 31.5 Å². The van der Waals surface area contributed by atoms with Gasteiger partial charge in [-0.15, -0.1) is 0 Å². The number of sulfone groups is 1. The fourth-order valence-electron chi connectivity index (χ4n) is 4.27. The van der Waals surface area contributed by atoms with Crippen molar-refractivity contribution in [2.24, 2.45) is 0 Å². The van der Waals surface area contributed by atoms with Gasteiger partial charge in [-0.05, 0) is 35.7 Å². The monoisotopic (exact) mass is 518 g/mol. The summed E-state index contributed by atoms with van der Waals surface area (Å²) in [4.78, 5) is 0.0852. The molecule has 3 aromatic carbocycles. The Labute approximate surface area is 206 Å². The van der Waals surface area contributed by atoms with Gasteiger partial charge < -0.3 is 5.32 Å². The van der Waals surface area contributed by atoms with Crippen LogP contribution in [0.25, 0.3) is 0 Å². The zero-order valence-electron chi connectivity index (χ0n) is 18.8. The van der Waals surface area contributed by atoms with E-state index in [-0.39, 0.29) is 22.9 Å². The summed E-state index contributed by atoms with van der Waals surface area (Å²) in [6.07, 6.45) is 0. The van der Waals surface area contributed by atoms with Crippen LogP contribution in [0.4, 0.5) is 0 Å². The van der Waals surface area contributed by atoms with Gasteiger partial charge >= 0.3 is 0 Å². The maximum atomic E-state index is 14.0. The zero-order chi connectivity index (χ0) is 24.3. The first-order valence-electron chi connectivity index (χ1n) is 11.0. The highest BCUT2D eigenvalue weighted by molar-refractivity contribution is 7.92. The largest absolute Gasteiger partial charge is 0.307 e. The van der Waals surface area contributed by atoms with Crippen LogP contribution in [0, 0.1) is 6.92 Å². The lowest BCUT2D eigenvalue weighted by molar-refractivity contribution is 0.286. The predicted octanol–water partition coefficient (Wildman–Crippen LogP) is 3.79. The fourth-order valence-corrected chi connectivity index (χ4v) is 8.46. The maximum absolute atomic E-state index is 14.0. The second-order valence-corrected chi connectivity index (χ2v) is 13.0. The van der Waals surface area contributed by atoms with E-state index in [0.29, 0.717) is 17.1 Å². The molecule has 0 unspecified atom stereocenters. The Morgan fingerprint density at radius 3 is 2.21 bits per heavy atom. The molecule has 1 saturated heterocycles. The van der Waals surface area contributed by atoms with E-state index in [1.54, 1.807) is 19.1 Å². The highest BCUT2D eigenvalue weighted by Crippen LogP contribution is 2.30. The predicted molar refractivity (Wildman–Crippen MR) is 135 cm³/mol. The van der Waals surface area contributed by atoms with Crippen LogP contribution in [0.3, 0.4) is 0 Å². The first kappa shape index (κ1) is 24.9. The lowest BCUT2D eigenvalue weighted by Gasteiger charge is -2.32. The van der Waals surface area contributed by atoms with Gasteiger partial charge in [0.25, 0.3) is 0 Å². The number of hydrogen-bond acceptors (Lipinski definition) is 5. The van der Waals surface area contributed by atoms with E-state index in [1.807, 2.05) is 60.7 Å². The Morgan fingerprint density at radius 2 is 1.56 bits per heavy atom. The van der Waals surface area contributed by atoms with Gasteiger partial charge in [-0.2, -0.15) is 4.31 Å². The van der Waals surface area contributed by atoms with Gasteiger partial charge in [0.1, 0.15) is 0 Å². The average Bonchev–Trinajstić information content (AvgIpc) is 3.12. The number of sulfonamides is 1. The molecule has 0 radical (unpaired) electrons. The number of hydrogen-bond donors (Lipinski definition) is 1. The van der Waals surface area contributed by atoms with Crippen LogP contribution in [-0.2, 0) is 33.0 Å². The topological polar surface area (TPSA) is 83.6 Å². The van der Waals surface area contributed by atoms with Crippen LogP contribution in [0.2, 0.25) is 5.02 Å². The van der Waals surface area contributed by atoms with Crippen molar-refractivity contribution in [1.82, 2.24) is 9.62 Å². The van der Waals surface area contributed by atoms with Crippen molar-refractivity contribution in [3.05, 3.63) is 101 Å². The Hall–Kier alpha value is -2.23. The molecule has 9 heteroatoms. The second kappa shape index (κ2) is 10.2. The van der Waals surface area contributed by atoms with Gasteiger partial charge in [0.2, 0.25) is 10.0 Å². The summed E-state index contributed by atoms with van der Waals surface area (Å²) in [5, 5.41) is 3.62. The highest BCUT2D eigenvalue weighted by atomic mass is 35.5. The molecular weight excluding hydrogens is 492 g/mol. The summed E-state index contributed by atoms with van der Waals surface area (Å²) in [6.45, 7) is 2.20. The van der Waals surface area contributed by atoms with Crippen molar-refractivity contribution in [3.8, 4) is 0 Å². The first-order chi connectivity index (χ1) is 16.2. The molecule has 1 heterocycles. The first-order valence-corrected chi connectivity index (χ1v) is 14.6. The molecule has 0 spiro atoms. The third-order valence-corrected chi connectivity index (χ3v) is 9.99. The summed E-state index contributed by atoms with van der Waals surface area (Å²) in [6, 6.07) is 22.2. The van der Waals surface area contributed by atoms with Crippen LogP contribution >= 0.6 is 11.6 Å². The molecular formula is C25H27ClN2O4S2. The number of benzene rings is 3. The number of nitrogens with one attached hydrogen (secondary N) is 1. The van der Waals surface area contributed by atoms with Crippen LogP contribution in [0.1, 0.15) is 16.7 Å². The minimum atomic E-state index is -4.06. The van der Waals surface area contributed by atoms with Gasteiger partial charge in [-0.25, -0.2) is 16.8 Å². The Kier molecular flexibility index (Phi) is 7.45. The average molecular weight is 519 g/mol. The molecule has 1 aliphatic rings. The van der Waals surface area contributed by atoms with Crippen molar-refractivity contribution in [2.45, 2.75) is 37.0 Å². The number of rotatable bonds is 8. The minimum absolute atomic E-state index is 0.0544. The van der Waals surface area contributed by atoms with E-state index in [1.165, 1.54) is 10.4 Å². The molecule has 0 aromatic heterocycles. The summed E-state index contributed by atoms with van der Waals surface area (Å²) in [7, 11) is -7.50. The number of aryl methyl sites for hydroxylation is 1. The molecule has 1 aliphatic heterocycles. The molecule has 0 aliphatic carbocycles. The van der Waals surface area contributed by atoms with Crippen LogP contribution < -0.4 is 5.32 Å². The summed E-state index contributed by atoms with van der Waals surface area (Å²) in [5.74, 6) is -0.370. The molecule has 2 atom stereocenters. The van der Waals surface area contributed by atoms with Crippen LogP contribution in [0.5, 0.6) is 0 Å². The second-order valence-electron chi connectivity index (χ2n) is 8.56. The lowest BCUT2D eigenvalue weighted by Crippen LogP contribution is -2.51. The standard InChI is InChI=1S/C25H27ClN2O4S2/c1-19-12-13-22(26)14-25(19)34(31,32)28(16-21-10-6-3-7-11-21)24-18-33(29,30)17-23(24)27-15-20-8-4-2-5-9-20/h2-14,23-24,27H,15-18H2,1H3/t23-,24+/m1/s1. The number of nitrogens with zero attached hydrogens (tertiary/aromatic N) is 1. The molecule has 34 heavy (non-hydrogen) atoms. The molecule has 1 N–H and O–H groups in total. The molecule has 0 saturated carbocycles. The maximum Gasteiger partial charge on any atom is 0.244 e. The van der Waals surface area contributed by atoms with E-state index in [2.05, 4.69) is 5.32 Å². The smallest absolute Gasteiger partial charge is 0.244 e. The van der Waals surface area contributed by atoms with Crippen molar-refractivity contribution in [1.29, 1.82) is 0 Å². The molecule has 4 rings (SSSR count). The van der Waals surface area contributed by atoms with Crippen molar-refractivity contribution < 1.29 is 16.8 Å². The molecule has 0 amide bonds. The summed E-state index contributed by atoms with van der Waals surface area (Å²) in [5.41, 5.74) is 2.32. The molecule has 1 fully saturated rings. The van der Waals surface area contributed by atoms with Crippen molar-refractivity contribution in [2.75, 3.05) is 11.5 Å². The lowest BCUT2D eigenvalue weighted by atomic mass is 10.1. The third-order valence-electron chi connectivity index (χ3n) is 6.02. The third kappa shape index (κ3) is 5.70. The quantitative estimate of drug-likeness (QED) is 0.490. The molecule has 180 valence electrons. The van der Waals surface area contributed by atoms with E-state index in [4.69, 9.17) is 11.6 Å². The van der Waals surface area contributed by atoms with Crippen molar-refractivity contribution in [3.63, 3.8) is 0 Å². The summed E-state index contributed by atoms with van der Waals surface area (Å²) < 4.78 is 54.7. The van der Waals surface area contributed by atoms with Gasteiger partial charge in [-0.3, -0.25) is 0 Å². The highest BCUT2D eigenvalue weighted by Gasteiger charge is 2.45. The van der Waals surface area contributed by atoms with Crippen LogP contribution in [0.15, 0.2) is 83.8 Å². The minimum Gasteiger partial charge on any atom is -0.307 e. The van der Waals surface area contributed by atoms with E-state index in [0.717, 1.165) is 11.1 Å². The Bertz CT molecular complexity index is 1350. The van der Waals surface area contributed by atoms with E-state index in [9.17, 15) is 16.8 Å². The van der Waals surface area contributed by atoms with Gasteiger partial charge in [0.15, 0.2) is 9.84 Å². The summed E-state index contributed by atoms with van der Waals surface area (Å²) >= 11 is 6.15. The molecule has 3 aromatic rings. The normalized spacial score (nSPS) is 20.0. The van der Waals surface area contributed by atoms with Crippen LogP contribution in [-0.4, -0.2) is 44.7 Å². The Morgan fingerprint density at radius 1 is 0.941 bits per heavy atom. The van der Waals surface area contributed by atoms with E-state index >= 15 is 0 Å². The SMILES string of the molecule is Cc1ccc(Cl)cc1S(=O)(=O)N(Cc1ccccc1)[C@H]1CS(=O)(=O)C[C@H]1NCc1ccccc1. The molecule has 6 nitrogen and oxygen atoms in total. The van der Waals surface area contributed by atoms with Gasteiger partial charge in [0, 0.05) is 24.2 Å². The zero-order valence-corrected chi connectivity index (χ0v) is 21.2.